The van der Waals surface area contributed by atoms with E-state index in [0.717, 1.165) is 31.7 Å². The van der Waals surface area contributed by atoms with Gasteiger partial charge in [-0.1, -0.05) is 18.9 Å². The summed E-state index contributed by atoms with van der Waals surface area (Å²) >= 11 is 0. The van der Waals surface area contributed by atoms with Crippen LogP contribution in [0.5, 0.6) is 0 Å². The van der Waals surface area contributed by atoms with E-state index in [1.165, 1.54) is 13.0 Å². The highest BCUT2D eigenvalue weighted by molar-refractivity contribution is 5.80. The van der Waals surface area contributed by atoms with Crippen LogP contribution in [0, 0.1) is 11.6 Å². The summed E-state index contributed by atoms with van der Waals surface area (Å²) in [4.78, 5) is 11.5. The summed E-state index contributed by atoms with van der Waals surface area (Å²) in [5.41, 5.74) is -1.57. The molecule has 1 aromatic rings. The van der Waals surface area contributed by atoms with Crippen LogP contribution < -0.4 is 5.32 Å². The quantitative estimate of drug-likeness (QED) is 0.883. The van der Waals surface area contributed by atoms with E-state index in [1.54, 1.807) is 0 Å². The van der Waals surface area contributed by atoms with Gasteiger partial charge in [-0.2, -0.15) is 0 Å². The van der Waals surface area contributed by atoms with Gasteiger partial charge in [0.2, 0.25) is 0 Å². The number of hydrogen-bond donors (Lipinski definition) is 2. The van der Waals surface area contributed by atoms with Crippen molar-refractivity contribution < 1.29 is 18.7 Å². The summed E-state index contributed by atoms with van der Waals surface area (Å²) in [6.45, 7) is 1.42. The van der Waals surface area contributed by atoms with Crippen molar-refractivity contribution in [2.45, 2.75) is 44.2 Å². The number of carbonyl (C=O) groups is 1. The Morgan fingerprint density at radius 3 is 2.53 bits per heavy atom. The Labute approximate surface area is 110 Å². The topological polar surface area (TPSA) is 49.3 Å². The molecule has 1 aliphatic carbocycles. The highest BCUT2D eigenvalue weighted by Crippen LogP contribution is 2.28. The number of carboxylic acid groups (broad SMARTS) is 1. The summed E-state index contributed by atoms with van der Waals surface area (Å²) in [5, 5.41) is 12.4. The normalized spacial score (nSPS) is 19.3. The highest BCUT2D eigenvalue weighted by Gasteiger charge is 2.39. The zero-order chi connectivity index (χ0) is 14.0. The van der Waals surface area contributed by atoms with E-state index in [1.807, 2.05) is 0 Å². The molecule has 0 aromatic heterocycles. The van der Waals surface area contributed by atoms with Crippen molar-refractivity contribution in [2.24, 2.45) is 0 Å². The smallest absolute Gasteiger partial charge is 0.328 e. The summed E-state index contributed by atoms with van der Waals surface area (Å²) in [6, 6.07) is 3.05. The minimum absolute atomic E-state index is 0.0340. The zero-order valence-electron chi connectivity index (χ0n) is 10.7. The molecule has 5 heteroatoms. The van der Waals surface area contributed by atoms with Crippen LogP contribution >= 0.6 is 0 Å². The fraction of sp³-hybridized carbons (Fsp3) is 0.500. The van der Waals surface area contributed by atoms with Crippen LogP contribution in [0.15, 0.2) is 18.2 Å². The molecule has 0 spiro atoms. The lowest BCUT2D eigenvalue weighted by Crippen LogP contribution is -2.51. The predicted molar refractivity (Wildman–Crippen MR) is 66.7 cm³/mol. The van der Waals surface area contributed by atoms with E-state index in [4.69, 9.17) is 0 Å². The third kappa shape index (κ3) is 2.76. The number of carboxylic acids is 1. The Morgan fingerprint density at radius 2 is 2.00 bits per heavy atom. The molecule has 0 aliphatic heterocycles. The van der Waals surface area contributed by atoms with E-state index >= 15 is 0 Å². The lowest BCUT2D eigenvalue weighted by atomic mass is 9.90. The number of halogens is 2. The Morgan fingerprint density at radius 1 is 1.37 bits per heavy atom. The first-order valence-corrected chi connectivity index (χ1v) is 6.40. The van der Waals surface area contributed by atoms with Gasteiger partial charge in [-0.15, -0.1) is 0 Å². The zero-order valence-corrected chi connectivity index (χ0v) is 10.7. The van der Waals surface area contributed by atoms with Crippen LogP contribution in [-0.4, -0.2) is 17.1 Å². The minimum atomic E-state index is -1.53. The van der Waals surface area contributed by atoms with Crippen LogP contribution in [0.4, 0.5) is 8.78 Å². The molecule has 1 saturated carbocycles. The van der Waals surface area contributed by atoms with Crippen molar-refractivity contribution in [1.82, 2.24) is 5.32 Å². The molecule has 0 bridgehead atoms. The third-order valence-corrected chi connectivity index (χ3v) is 3.75. The number of nitrogens with one attached hydrogen (secondary N) is 1. The molecule has 19 heavy (non-hydrogen) atoms. The van der Waals surface area contributed by atoms with Crippen molar-refractivity contribution in [3.63, 3.8) is 0 Å². The lowest BCUT2D eigenvalue weighted by Gasteiger charge is -2.30. The fourth-order valence-corrected chi connectivity index (χ4v) is 2.63. The van der Waals surface area contributed by atoms with Gasteiger partial charge in [-0.05, 0) is 25.8 Å². The number of aliphatic carboxylic acids is 1. The molecule has 0 radical (unpaired) electrons. The first-order chi connectivity index (χ1) is 8.93. The van der Waals surface area contributed by atoms with E-state index in [-0.39, 0.29) is 11.6 Å². The molecule has 1 atom stereocenters. The van der Waals surface area contributed by atoms with Crippen LogP contribution in [0.2, 0.25) is 0 Å². The second kappa shape index (κ2) is 5.25. The first-order valence-electron chi connectivity index (χ1n) is 6.40. The Balaban J connectivity index is 2.34. The van der Waals surface area contributed by atoms with Crippen molar-refractivity contribution in [1.29, 1.82) is 0 Å². The van der Waals surface area contributed by atoms with Gasteiger partial charge in [0.05, 0.1) is 0 Å². The standard InChI is InChI=1S/C14H17F2NO2/c1-14(13(18)19,17-10-4-2-3-5-10)11-7-6-9(15)8-12(11)16/h6-8,10,17H,2-5H2,1H3,(H,18,19). The molecule has 2 rings (SSSR count). The summed E-state index contributed by atoms with van der Waals surface area (Å²) < 4.78 is 26.8. The van der Waals surface area contributed by atoms with Gasteiger partial charge in [-0.3, -0.25) is 5.32 Å². The molecular weight excluding hydrogens is 252 g/mol. The van der Waals surface area contributed by atoms with Gasteiger partial charge in [-0.25, -0.2) is 13.6 Å². The Kier molecular flexibility index (Phi) is 3.85. The molecule has 1 fully saturated rings. The fourth-order valence-electron chi connectivity index (χ4n) is 2.63. The predicted octanol–water partition coefficient (Wildman–Crippen LogP) is 2.80. The maximum absolute atomic E-state index is 13.8. The lowest BCUT2D eigenvalue weighted by molar-refractivity contribution is -0.145. The Bertz CT molecular complexity index is 486. The van der Waals surface area contributed by atoms with Gasteiger partial charge in [0.1, 0.15) is 17.2 Å². The van der Waals surface area contributed by atoms with Crippen molar-refractivity contribution in [2.75, 3.05) is 0 Å². The summed E-state index contributed by atoms with van der Waals surface area (Å²) in [6.07, 6.45) is 3.84. The first kappa shape index (κ1) is 13.9. The van der Waals surface area contributed by atoms with Crippen LogP contribution in [0.3, 0.4) is 0 Å². The molecule has 0 heterocycles. The van der Waals surface area contributed by atoms with Crippen LogP contribution in [-0.2, 0) is 10.3 Å². The molecule has 1 aromatic carbocycles. The van der Waals surface area contributed by atoms with Gasteiger partial charge < -0.3 is 5.11 Å². The molecular formula is C14H17F2NO2. The van der Waals surface area contributed by atoms with Gasteiger partial charge >= 0.3 is 5.97 Å². The molecule has 0 saturated heterocycles. The molecule has 0 amide bonds. The van der Waals surface area contributed by atoms with E-state index in [2.05, 4.69) is 5.32 Å². The van der Waals surface area contributed by atoms with Crippen molar-refractivity contribution >= 4 is 5.97 Å². The third-order valence-electron chi connectivity index (χ3n) is 3.75. The number of rotatable bonds is 4. The maximum Gasteiger partial charge on any atom is 0.328 e. The molecule has 104 valence electrons. The monoisotopic (exact) mass is 269 g/mol. The van der Waals surface area contributed by atoms with Gasteiger partial charge in [0.25, 0.3) is 0 Å². The Hall–Kier alpha value is -1.49. The van der Waals surface area contributed by atoms with Crippen LogP contribution in [0.25, 0.3) is 0 Å². The molecule has 3 nitrogen and oxygen atoms in total. The number of benzene rings is 1. The average molecular weight is 269 g/mol. The van der Waals surface area contributed by atoms with Crippen LogP contribution in [0.1, 0.15) is 38.2 Å². The highest BCUT2D eigenvalue weighted by atomic mass is 19.1. The van der Waals surface area contributed by atoms with E-state index < -0.39 is 23.1 Å². The minimum Gasteiger partial charge on any atom is -0.480 e. The van der Waals surface area contributed by atoms with Gasteiger partial charge in [0, 0.05) is 17.7 Å². The van der Waals surface area contributed by atoms with Crippen molar-refractivity contribution in [3.05, 3.63) is 35.4 Å². The second-order valence-electron chi connectivity index (χ2n) is 5.18. The molecule has 1 aliphatic rings. The number of hydrogen-bond acceptors (Lipinski definition) is 2. The van der Waals surface area contributed by atoms with Crippen molar-refractivity contribution in [3.8, 4) is 0 Å². The maximum atomic E-state index is 13.8. The van der Waals surface area contributed by atoms with E-state index in [0.29, 0.717) is 6.07 Å². The summed E-state index contributed by atoms with van der Waals surface area (Å²) in [7, 11) is 0. The SMILES string of the molecule is CC(NC1CCCC1)(C(=O)O)c1ccc(F)cc1F. The molecule has 2 N–H and O–H groups in total. The summed E-state index contributed by atoms with van der Waals surface area (Å²) in [5.74, 6) is -2.71. The largest absolute Gasteiger partial charge is 0.480 e. The average Bonchev–Trinajstić information content (AvgIpc) is 2.81. The van der Waals surface area contributed by atoms with Gasteiger partial charge in [0.15, 0.2) is 0 Å². The second-order valence-corrected chi connectivity index (χ2v) is 5.18. The van der Waals surface area contributed by atoms with E-state index in [9.17, 15) is 18.7 Å². The molecule has 1 unspecified atom stereocenters.